The fourth-order valence-corrected chi connectivity index (χ4v) is 12.3. The minimum Gasteiger partial charge on any atom is -0.507 e. The summed E-state index contributed by atoms with van der Waals surface area (Å²) in [4.78, 5) is 119. The van der Waals surface area contributed by atoms with Crippen molar-refractivity contribution in [3.05, 3.63) is 171 Å². The van der Waals surface area contributed by atoms with Crippen molar-refractivity contribution in [2.24, 2.45) is 11.5 Å². The van der Waals surface area contributed by atoms with E-state index in [9.17, 15) is 34.2 Å². The molecule has 5 aromatic carbocycles. The van der Waals surface area contributed by atoms with Crippen molar-refractivity contribution in [3.8, 4) is 5.75 Å². The number of nitrogens with one attached hydrogen (secondary N) is 9. The highest BCUT2D eigenvalue weighted by Gasteiger charge is 2.36. The van der Waals surface area contributed by atoms with Crippen molar-refractivity contribution in [2.45, 2.75) is 120 Å². The summed E-state index contributed by atoms with van der Waals surface area (Å²) in [5, 5.41) is 44.4. The number of carbonyl (C=O) groups is 8. The number of phenolic OH excluding ortho intramolecular Hbond substituents is 1. The summed E-state index contributed by atoms with van der Waals surface area (Å²) in [5.41, 5.74) is 16.9. The van der Waals surface area contributed by atoms with E-state index in [1.807, 2.05) is 91.0 Å². The number of aliphatic hydroxyl groups excluding tert-OH is 1. The molecule has 1 aromatic heterocycles. The second kappa shape index (κ2) is 31.6. The Hall–Kier alpha value is -7.49. The molecule has 15 N–H and O–H groups in total. The number of carbonyl (C=O) groups excluding carboxylic acids is 8. The normalized spacial score (nSPS) is 20.6. The molecule has 21 nitrogen and oxygen atoms in total. The molecule has 24 heteroatoms. The molecule has 7 rings (SSSR count). The average molecular weight is 1310 g/mol. The number of aromatic nitrogens is 1. The number of fused-ring (bicyclic) bond motifs is 1. The van der Waals surface area contributed by atoms with Crippen LogP contribution in [0.3, 0.4) is 0 Å². The van der Waals surface area contributed by atoms with E-state index in [0.29, 0.717) is 32.4 Å². The Morgan fingerprint density at radius 3 is 1.73 bits per heavy atom. The number of amides is 8. The summed E-state index contributed by atoms with van der Waals surface area (Å²) in [5.74, 6) is -7.26. The lowest BCUT2D eigenvalue weighted by Gasteiger charge is -2.29. The van der Waals surface area contributed by atoms with Crippen molar-refractivity contribution in [1.82, 2.24) is 47.5 Å². The molecule has 8 amide bonds. The SMILES string of the molecule is CC(C)NCc1ccc(C[C@@H]2NC(=O)[C@@H](Cc3c[nH]c4ccccc34)NC(=O)[C@H](Cc3ccccc3)NC(=O)[C@@H](NC(=O)[C@H](N)Cc3ccccc3)CSSC[C@@H](C(=O)N[C@H](C(N)=O)[C@@H](C)O)NC(=O)[C@H](Cc3ccc(O)c([125I])c3)NC2=O)cc1. The Labute approximate surface area is 514 Å². The number of aliphatic hydroxyl groups is 1. The van der Waals surface area contributed by atoms with Gasteiger partial charge in [0.1, 0.15) is 48.0 Å². The van der Waals surface area contributed by atoms with E-state index in [1.54, 1.807) is 72.9 Å². The number of benzene rings is 5. The number of H-pyrrole nitrogens is 1. The molecule has 1 saturated heterocycles. The summed E-state index contributed by atoms with van der Waals surface area (Å²) in [6.45, 7) is 5.85. The van der Waals surface area contributed by atoms with Crippen LogP contribution >= 0.6 is 44.2 Å². The molecule has 0 bridgehead atoms. The molecule has 0 aliphatic carbocycles. The van der Waals surface area contributed by atoms with E-state index in [2.05, 4.69) is 47.5 Å². The standard InChI is InChI=1S/C61H72IN11O10S2/c1-34(2)65-30-39-20-18-38(19-21-39)27-47-56(78)68-48(28-40-22-23-52(75)43(62)24-40)58(80)72-51(61(83)73-53(35(3)74)54(64)76)33-85-84-32-50(71-55(77)44(63)25-36-12-6-4-7-13-36)60(82)69-46(26-37-14-8-5-9-15-37)57(79)70-49(59(81)67-47)29-41-31-66-45-17-11-10-16-42(41)45/h4-24,31,34-35,44,46-51,53,65-66,74-75H,25-30,32-33,63H2,1-3H3,(H2,64,76)(H,67,81)(H,68,78)(H,69,82)(H,70,79)(H,71,77)(H,72,80)(H,73,83)/t35-,44-,46+,47+,48+,49-,50+,51+,53+/m1/s1/i62-2. The largest absolute Gasteiger partial charge is 0.507 e. The van der Waals surface area contributed by atoms with Crippen LogP contribution in [0.4, 0.5) is 0 Å². The zero-order valence-corrected chi connectivity index (χ0v) is 50.9. The molecule has 85 heavy (non-hydrogen) atoms. The summed E-state index contributed by atoms with van der Waals surface area (Å²) in [6, 6.07) is 26.2. The summed E-state index contributed by atoms with van der Waals surface area (Å²) >= 11 is 1.92. The first-order chi connectivity index (χ1) is 40.7. The van der Waals surface area contributed by atoms with Gasteiger partial charge in [0.2, 0.25) is 47.3 Å². The molecule has 1 aliphatic rings. The van der Waals surface area contributed by atoms with Crippen LogP contribution in [0, 0.1) is 3.57 Å². The Kier molecular flexibility index (Phi) is 24.2. The van der Waals surface area contributed by atoms with Crippen LogP contribution in [0.1, 0.15) is 54.2 Å². The van der Waals surface area contributed by atoms with Gasteiger partial charge in [-0.25, -0.2) is 0 Å². The first-order valence-corrected chi connectivity index (χ1v) is 31.3. The minimum atomic E-state index is -1.59. The van der Waals surface area contributed by atoms with E-state index in [0.717, 1.165) is 43.6 Å². The third-order valence-corrected chi connectivity index (χ3v) is 17.4. The number of aromatic hydroxyl groups is 1. The Bertz CT molecular complexity index is 3280. The lowest BCUT2D eigenvalue weighted by molar-refractivity contribution is -0.135. The number of para-hydroxylation sites is 1. The van der Waals surface area contributed by atoms with Crippen LogP contribution in [-0.4, -0.2) is 134 Å². The molecular formula is C61H72IN11O10S2. The quantitative estimate of drug-likeness (QED) is 0.0410. The molecule has 0 saturated carbocycles. The molecule has 6 aromatic rings. The van der Waals surface area contributed by atoms with Gasteiger partial charge in [0.25, 0.3) is 0 Å². The second-order valence-corrected chi connectivity index (χ2v) is 24.9. The number of rotatable bonds is 19. The lowest BCUT2D eigenvalue weighted by Crippen LogP contribution is -2.62. The van der Waals surface area contributed by atoms with Gasteiger partial charge >= 0.3 is 0 Å². The fraction of sp³-hybridized carbons (Fsp3) is 0.344. The van der Waals surface area contributed by atoms with Gasteiger partial charge in [-0.3, -0.25) is 38.4 Å². The number of nitrogens with two attached hydrogens (primary N) is 2. The lowest BCUT2D eigenvalue weighted by atomic mass is 9.99. The number of phenols is 1. The molecule has 0 spiro atoms. The van der Waals surface area contributed by atoms with E-state index in [4.69, 9.17) is 11.5 Å². The van der Waals surface area contributed by atoms with Crippen LogP contribution in [0.25, 0.3) is 10.9 Å². The smallest absolute Gasteiger partial charge is 0.244 e. The van der Waals surface area contributed by atoms with Gasteiger partial charge in [0.05, 0.1) is 15.7 Å². The summed E-state index contributed by atoms with van der Waals surface area (Å²) < 4.78 is 0.433. The van der Waals surface area contributed by atoms with Gasteiger partial charge in [0.15, 0.2) is 0 Å². The Morgan fingerprint density at radius 2 is 1.14 bits per heavy atom. The fourth-order valence-electron chi connectivity index (χ4n) is 9.35. The highest BCUT2D eigenvalue weighted by molar-refractivity contribution is 14.1. The molecular weight excluding hydrogens is 1240 g/mol. The predicted octanol–water partition coefficient (Wildman–Crippen LogP) is 2.47. The van der Waals surface area contributed by atoms with Gasteiger partial charge in [-0.1, -0.05) is 145 Å². The summed E-state index contributed by atoms with van der Waals surface area (Å²) in [6.07, 6.45) is -0.114. The first-order valence-electron chi connectivity index (χ1n) is 27.7. The van der Waals surface area contributed by atoms with Gasteiger partial charge < -0.3 is 69.2 Å². The molecule has 0 radical (unpaired) electrons. The molecule has 450 valence electrons. The zero-order chi connectivity index (χ0) is 61.2. The van der Waals surface area contributed by atoms with Crippen LogP contribution in [-0.2, 0) is 77.0 Å². The van der Waals surface area contributed by atoms with Gasteiger partial charge in [-0.2, -0.15) is 0 Å². The van der Waals surface area contributed by atoms with Crippen molar-refractivity contribution in [2.75, 3.05) is 11.5 Å². The molecule has 2 heterocycles. The van der Waals surface area contributed by atoms with E-state index >= 15 is 14.4 Å². The van der Waals surface area contributed by atoms with Crippen LogP contribution in [0.5, 0.6) is 5.75 Å². The monoisotopic (exact) mass is 1310 g/mol. The molecule has 0 unspecified atom stereocenters. The maximum atomic E-state index is 15.3. The number of hydrogen-bond acceptors (Lipinski definition) is 14. The third kappa shape index (κ3) is 19.5. The molecule has 1 fully saturated rings. The van der Waals surface area contributed by atoms with Crippen molar-refractivity contribution in [1.29, 1.82) is 0 Å². The van der Waals surface area contributed by atoms with Crippen molar-refractivity contribution >= 4 is 102 Å². The summed E-state index contributed by atoms with van der Waals surface area (Å²) in [7, 11) is 2.02. The van der Waals surface area contributed by atoms with E-state index in [1.165, 1.54) is 13.0 Å². The number of primary amides is 1. The topological polar surface area (TPSA) is 341 Å². The number of hydrogen-bond donors (Lipinski definition) is 13. The number of halogens is 1. The van der Waals surface area contributed by atoms with Crippen LogP contribution in [0.15, 0.2) is 134 Å². The first kappa shape index (κ1) is 65.1. The number of aromatic amines is 1. The maximum absolute atomic E-state index is 15.3. The maximum Gasteiger partial charge on any atom is 0.244 e. The van der Waals surface area contributed by atoms with E-state index in [-0.39, 0.29) is 55.4 Å². The average Bonchev–Trinajstić information content (AvgIpc) is 3.84. The minimum absolute atomic E-state index is 0.0359. The van der Waals surface area contributed by atoms with Crippen molar-refractivity contribution < 1.29 is 48.6 Å². The van der Waals surface area contributed by atoms with Crippen LogP contribution < -0.4 is 54.0 Å². The van der Waals surface area contributed by atoms with Gasteiger partial charge in [-0.15, -0.1) is 0 Å². The zero-order valence-electron chi connectivity index (χ0n) is 47.1. The predicted molar refractivity (Wildman–Crippen MR) is 336 cm³/mol. The Morgan fingerprint density at radius 1 is 0.635 bits per heavy atom. The van der Waals surface area contributed by atoms with Gasteiger partial charge in [-0.05, 0) is 87.5 Å². The molecule has 9 atom stereocenters. The highest BCUT2D eigenvalue weighted by Crippen LogP contribution is 2.26. The van der Waals surface area contributed by atoms with E-state index < -0.39 is 102 Å². The molecule has 1 aliphatic heterocycles. The van der Waals surface area contributed by atoms with Crippen LogP contribution in [0.2, 0.25) is 0 Å². The van der Waals surface area contributed by atoms with Gasteiger partial charge in [0, 0.05) is 66.9 Å². The second-order valence-electron chi connectivity index (χ2n) is 21.2. The highest BCUT2D eigenvalue weighted by atomic mass is 125. The Balaban J connectivity index is 1.32. The third-order valence-electron chi connectivity index (χ3n) is 14.1. The van der Waals surface area contributed by atoms with Crippen molar-refractivity contribution in [3.63, 3.8) is 0 Å².